The molecule has 0 fully saturated rings. The Kier molecular flexibility index (Phi) is 5.92. The second-order valence-electron chi connectivity index (χ2n) is 5.72. The highest BCUT2D eigenvalue weighted by Crippen LogP contribution is 2.33. The monoisotopic (exact) mass is 417 g/mol. The molecule has 6 nitrogen and oxygen atoms in total. The van der Waals surface area contributed by atoms with Crippen LogP contribution in [0, 0.1) is 0 Å². The summed E-state index contributed by atoms with van der Waals surface area (Å²) >= 11 is 12.2. The first-order valence-corrected chi connectivity index (χ1v) is 8.82. The standard InChI is InChI=1S/C20H15Cl2N2O4/c1-27-17-5-3-12(9-18(17)28-2)23-19(26)6-4-13-16(10-25)24-15-8-11(21)7-14(22)20(13)15/h3-9,24H,1-2H3,(H,23,26)/b6-4+. The van der Waals surface area contributed by atoms with E-state index in [0.29, 0.717) is 43.7 Å². The number of carbonyl (C=O) groups is 1. The molecule has 28 heavy (non-hydrogen) atoms. The third-order valence-electron chi connectivity index (χ3n) is 4.01. The molecule has 0 unspecified atom stereocenters. The number of halogens is 2. The fourth-order valence-corrected chi connectivity index (χ4v) is 3.37. The third kappa shape index (κ3) is 3.98. The molecule has 0 atom stereocenters. The second kappa shape index (κ2) is 8.37. The van der Waals surface area contributed by atoms with Gasteiger partial charge in [-0.15, -0.1) is 0 Å². The Morgan fingerprint density at radius 1 is 1.14 bits per heavy atom. The van der Waals surface area contributed by atoms with Crippen molar-refractivity contribution in [3.05, 3.63) is 57.7 Å². The van der Waals surface area contributed by atoms with Crippen molar-refractivity contribution in [3.8, 4) is 11.5 Å². The average molecular weight is 418 g/mol. The van der Waals surface area contributed by atoms with E-state index in [9.17, 15) is 9.59 Å². The summed E-state index contributed by atoms with van der Waals surface area (Å²) in [7, 11) is 3.04. The highest BCUT2D eigenvalue weighted by Gasteiger charge is 2.14. The number of nitrogens with one attached hydrogen (secondary N) is 2. The van der Waals surface area contributed by atoms with Crippen LogP contribution in [-0.2, 0) is 9.59 Å². The van der Waals surface area contributed by atoms with E-state index in [4.69, 9.17) is 32.7 Å². The number of methoxy groups -OCH3 is 2. The van der Waals surface area contributed by atoms with Crippen LogP contribution in [0.1, 0.15) is 11.3 Å². The summed E-state index contributed by atoms with van der Waals surface area (Å²) in [4.78, 5) is 26.5. The van der Waals surface area contributed by atoms with Gasteiger partial charge in [-0.2, -0.15) is 0 Å². The maximum atomic E-state index is 12.3. The molecule has 0 saturated carbocycles. The lowest BCUT2D eigenvalue weighted by Crippen LogP contribution is -2.08. The molecule has 0 bridgehead atoms. The van der Waals surface area contributed by atoms with Gasteiger partial charge in [0.15, 0.2) is 11.5 Å². The Bertz CT molecular complexity index is 1090. The maximum Gasteiger partial charge on any atom is 0.251 e. The summed E-state index contributed by atoms with van der Waals surface area (Å²) in [5, 5.41) is 4.09. The van der Waals surface area contributed by atoms with Crippen LogP contribution in [0.3, 0.4) is 0 Å². The van der Waals surface area contributed by atoms with Crippen molar-refractivity contribution in [1.82, 2.24) is 4.98 Å². The van der Waals surface area contributed by atoms with Gasteiger partial charge in [-0.3, -0.25) is 9.59 Å². The van der Waals surface area contributed by atoms with Crippen molar-refractivity contribution in [2.75, 3.05) is 19.5 Å². The van der Waals surface area contributed by atoms with E-state index >= 15 is 0 Å². The molecule has 3 rings (SSSR count). The van der Waals surface area contributed by atoms with Gasteiger partial charge < -0.3 is 19.8 Å². The predicted octanol–water partition coefficient (Wildman–Crippen LogP) is 4.60. The summed E-state index contributed by atoms with van der Waals surface area (Å²) in [6.07, 6.45) is 4.60. The van der Waals surface area contributed by atoms with Gasteiger partial charge >= 0.3 is 0 Å². The maximum absolute atomic E-state index is 12.3. The molecule has 0 saturated heterocycles. The average Bonchev–Trinajstić information content (AvgIpc) is 3.03. The van der Waals surface area contributed by atoms with Crippen molar-refractivity contribution in [2.24, 2.45) is 0 Å². The van der Waals surface area contributed by atoms with Crippen molar-refractivity contribution >= 4 is 58.1 Å². The van der Waals surface area contributed by atoms with Crippen LogP contribution in [0.5, 0.6) is 11.5 Å². The van der Waals surface area contributed by atoms with E-state index in [1.807, 2.05) is 6.29 Å². The Hall–Kier alpha value is -2.96. The number of H-pyrrole nitrogens is 1. The van der Waals surface area contributed by atoms with Crippen molar-refractivity contribution < 1.29 is 19.1 Å². The number of amides is 1. The Balaban J connectivity index is 1.88. The molecule has 0 aliphatic carbocycles. The van der Waals surface area contributed by atoms with Gasteiger partial charge in [-0.1, -0.05) is 23.2 Å². The van der Waals surface area contributed by atoms with Crippen LogP contribution in [0.4, 0.5) is 5.69 Å². The van der Waals surface area contributed by atoms with Crippen molar-refractivity contribution in [1.29, 1.82) is 0 Å². The Labute approximate surface area is 171 Å². The molecule has 1 amide bonds. The fourth-order valence-electron chi connectivity index (χ4n) is 2.78. The molecule has 2 aromatic carbocycles. The first kappa shape index (κ1) is 19.8. The van der Waals surface area contributed by atoms with Gasteiger partial charge in [0.1, 0.15) is 0 Å². The van der Waals surface area contributed by atoms with E-state index in [2.05, 4.69) is 10.3 Å². The number of anilines is 1. The molecular formula is C20H15Cl2N2O4. The van der Waals surface area contributed by atoms with Crippen molar-refractivity contribution in [3.63, 3.8) is 0 Å². The number of aromatic amines is 1. The number of rotatable bonds is 6. The largest absolute Gasteiger partial charge is 0.493 e. The van der Waals surface area contributed by atoms with Crippen LogP contribution in [0.2, 0.25) is 10.0 Å². The molecule has 8 heteroatoms. The van der Waals surface area contributed by atoms with E-state index in [-0.39, 0.29) is 5.69 Å². The van der Waals surface area contributed by atoms with E-state index < -0.39 is 5.91 Å². The highest BCUT2D eigenvalue weighted by molar-refractivity contribution is 6.39. The third-order valence-corrected chi connectivity index (χ3v) is 4.52. The SMILES string of the molecule is COc1ccc(NC(=O)/C=C/c2c([C]=O)[nH]c3cc(Cl)cc(Cl)c23)cc1OC. The minimum atomic E-state index is -0.400. The molecule has 1 heterocycles. The number of hydrogen-bond acceptors (Lipinski definition) is 4. The van der Waals surface area contributed by atoms with Gasteiger partial charge in [0.05, 0.1) is 24.9 Å². The summed E-state index contributed by atoms with van der Waals surface area (Å²) in [5.74, 6) is 0.639. The Morgan fingerprint density at radius 3 is 2.57 bits per heavy atom. The molecule has 0 aliphatic heterocycles. The molecule has 3 aromatic rings. The van der Waals surface area contributed by atoms with Gasteiger partial charge in [-0.05, 0) is 30.3 Å². The lowest BCUT2D eigenvalue weighted by atomic mass is 10.1. The van der Waals surface area contributed by atoms with Crippen LogP contribution in [0.25, 0.3) is 17.0 Å². The molecule has 143 valence electrons. The van der Waals surface area contributed by atoms with Crippen LogP contribution < -0.4 is 14.8 Å². The van der Waals surface area contributed by atoms with E-state index in [1.165, 1.54) is 26.4 Å². The van der Waals surface area contributed by atoms with Gasteiger partial charge in [0.25, 0.3) is 6.29 Å². The highest BCUT2D eigenvalue weighted by atomic mass is 35.5. The quantitative estimate of drug-likeness (QED) is 0.574. The first-order chi connectivity index (χ1) is 13.5. The topological polar surface area (TPSA) is 80.4 Å². The van der Waals surface area contributed by atoms with E-state index in [1.54, 1.807) is 30.3 Å². The summed E-state index contributed by atoms with van der Waals surface area (Å²) in [5.41, 5.74) is 1.73. The van der Waals surface area contributed by atoms with Crippen LogP contribution in [0.15, 0.2) is 36.4 Å². The lowest BCUT2D eigenvalue weighted by molar-refractivity contribution is -0.111. The number of ether oxygens (including phenoxy) is 2. The second-order valence-corrected chi connectivity index (χ2v) is 6.56. The molecule has 0 spiro atoms. The summed E-state index contributed by atoms with van der Waals surface area (Å²) in [6, 6.07) is 8.21. The van der Waals surface area contributed by atoms with Crippen molar-refractivity contribution in [2.45, 2.75) is 0 Å². The number of aromatic nitrogens is 1. The zero-order chi connectivity index (χ0) is 20.3. The molecule has 0 aliphatic rings. The minimum Gasteiger partial charge on any atom is -0.493 e. The van der Waals surface area contributed by atoms with Crippen LogP contribution >= 0.6 is 23.2 Å². The van der Waals surface area contributed by atoms with Gasteiger partial charge in [0.2, 0.25) is 5.91 Å². The Morgan fingerprint density at radius 2 is 1.89 bits per heavy atom. The summed E-state index contributed by atoms with van der Waals surface area (Å²) in [6.45, 7) is 0. The van der Waals surface area contributed by atoms with Crippen LogP contribution in [-0.4, -0.2) is 31.4 Å². The fraction of sp³-hybridized carbons (Fsp3) is 0.100. The van der Waals surface area contributed by atoms with Gasteiger partial charge in [-0.25, -0.2) is 0 Å². The molecular weight excluding hydrogens is 403 g/mol. The summed E-state index contributed by atoms with van der Waals surface area (Å²) < 4.78 is 10.4. The molecule has 2 N–H and O–H groups in total. The zero-order valence-corrected chi connectivity index (χ0v) is 16.4. The number of hydrogen-bond donors (Lipinski definition) is 2. The number of benzene rings is 2. The smallest absolute Gasteiger partial charge is 0.251 e. The minimum absolute atomic E-state index is 0.175. The molecule has 1 aromatic heterocycles. The zero-order valence-electron chi connectivity index (χ0n) is 14.9. The van der Waals surface area contributed by atoms with Gasteiger partial charge in [0, 0.05) is 39.3 Å². The first-order valence-electron chi connectivity index (χ1n) is 8.06. The lowest BCUT2D eigenvalue weighted by Gasteiger charge is -2.09. The number of fused-ring (bicyclic) bond motifs is 1. The molecule has 1 radical (unpaired) electrons. The number of carbonyl (C=O) groups excluding carboxylic acids is 2. The predicted molar refractivity (Wildman–Crippen MR) is 110 cm³/mol. The normalized spacial score (nSPS) is 11.0. The van der Waals surface area contributed by atoms with E-state index in [0.717, 1.165) is 0 Å².